The number of thiophene rings is 1. The van der Waals surface area contributed by atoms with Crippen LogP contribution >= 0.6 is 11.3 Å². The van der Waals surface area contributed by atoms with Crippen molar-refractivity contribution in [1.82, 2.24) is 30.4 Å². The Labute approximate surface area is 207 Å². The van der Waals surface area contributed by atoms with E-state index in [0.717, 1.165) is 83.9 Å². The Hall–Kier alpha value is -3.08. The first-order chi connectivity index (χ1) is 17.1. The van der Waals surface area contributed by atoms with E-state index in [2.05, 4.69) is 37.4 Å². The SMILES string of the molecule is CC(=O)NC1CCCN(Cc2cc3nc(-c4cccc5[nH]ncc45)nc(N4CCOCC4)c3s2)C1. The third-order valence-corrected chi connectivity index (χ3v) is 7.84. The monoisotopic (exact) mass is 491 g/mol. The number of carbonyl (C=O) groups excluding carboxylic acids is 1. The van der Waals surface area contributed by atoms with Gasteiger partial charge in [0, 0.05) is 55.0 Å². The summed E-state index contributed by atoms with van der Waals surface area (Å²) in [6.45, 7) is 7.41. The zero-order valence-corrected chi connectivity index (χ0v) is 20.6. The van der Waals surface area contributed by atoms with Crippen LogP contribution in [-0.2, 0) is 16.1 Å². The van der Waals surface area contributed by atoms with Gasteiger partial charge in [0.25, 0.3) is 0 Å². The molecule has 1 unspecified atom stereocenters. The third kappa shape index (κ3) is 4.61. The number of ether oxygens (including phenoxy) is 1. The number of benzene rings is 1. The van der Waals surface area contributed by atoms with Gasteiger partial charge in [-0.15, -0.1) is 11.3 Å². The minimum Gasteiger partial charge on any atom is -0.378 e. The molecule has 35 heavy (non-hydrogen) atoms. The van der Waals surface area contributed by atoms with Crippen LogP contribution in [0.1, 0.15) is 24.6 Å². The summed E-state index contributed by atoms with van der Waals surface area (Å²) in [5.74, 6) is 1.75. The van der Waals surface area contributed by atoms with Gasteiger partial charge in [0.15, 0.2) is 11.6 Å². The smallest absolute Gasteiger partial charge is 0.217 e. The van der Waals surface area contributed by atoms with Crippen molar-refractivity contribution in [2.45, 2.75) is 32.4 Å². The van der Waals surface area contributed by atoms with E-state index >= 15 is 0 Å². The van der Waals surface area contributed by atoms with Crippen LogP contribution in [0.2, 0.25) is 0 Å². The average molecular weight is 492 g/mol. The minimum atomic E-state index is 0.0457. The largest absolute Gasteiger partial charge is 0.378 e. The summed E-state index contributed by atoms with van der Waals surface area (Å²) in [4.78, 5) is 27.7. The molecule has 5 heterocycles. The van der Waals surface area contributed by atoms with Gasteiger partial charge in [-0.2, -0.15) is 5.10 Å². The lowest BCUT2D eigenvalue weighted by Gasteiger charge is -2.32. The summed E-state index contributed by atoms with van der Waals surface area (Å²) >= 11 is 1.78. The van der Waals surface area contributed by atoms with E-state index in [1.54, 1.807) is 18.3 Å². The van der Waals surface area contributed by atoms with Crippen molar-refractivity contribution in [2.24, 2.45) is 0 Å². The number of likely N-dealkylation sites (tertiary alicyclic amines) is 1. The van der Waals surface area contributed by atoms with Crippen LogP contribution in [0.25, 0.3) is 32.5 Å². The molecule has 9 nitrogen and oxygen atoms in total. The van der Waals surface area contributed by atoms with E-state index in [-0.39, 0.29) is 11.9 Å². The van der Waals surface area contributed by atoms with Crippen molar-refractivity contribution in [3.63, 3.8) is 0 Å². The number of nitrogens with one attached hydrogen (secondary N) is 2. The highest BCUT2D eigenvalue weighted by Crippen LogP contribution is 2.36. The highest BCUT2D eigenvalue weighted by molar-refractivity contribution is 7.19. The predicted octanol–water partition coefficient (Wildman–Crippen LogP) is 3.17. The fourth-order valence-electron chi connectivity index (χ4n) is 5.14. The Morgan fingerprint density at radius 2 is 2.14 bits per heavy atom. The summed E-state index contributed by atoms with van der Waals surface area (Å²) in [7, 11) is 0. The molecule has 0 spiro atoms. The summed E-state index contributed by atoms with van der Waals surface area (Å²) in [5.41, 5.74) is 2.94. The van der Waals surface area contributed by atoms with E-state index in [9.17, 15) is 4.79 Å². The van der Waals surface area contributed by atoms with Crippen molar-refractivity contribution in [3.8, 4) is 11.4 Å². The van der Waals surface area contributed by atoms with Crippen molar-refractivity contribution in [1.29, 1.82) is 0 Å². The number of anilines is 1. The summed E-state index contributed by atoms with van der Waals surface area (Å²) in [6.07, 6.45) is 3.97. The van der Waals surface area contributed by atoms with Crippen LogP contribution in [0, 0.1) is 0 Å². The van der Waals surface area contributed by atoms with Gasteiger partial charge in [0.2, 0.25) is 5.91 Å². The lowest BCUT2D eigenvalue weighted by molar-refractivity contribution is -0.120. The molecule has 0 radical (unpaired) electrons. The van der Waals surface area contributed by atoms with Crippen LogP contribution in [0.5, 0.6) is 0 Å². The first kappa shape index (κ1) is 22.4. The molecule has 0 aliphatic carbocycles. The lowest BCUT2D eigenvalue weighted by atomic mass is 10.1. The second-order valence-corrected chi connectivity index (χ2v) is 10.4. The second-order valence-electron chi connectivity index (χ2n) is 9.31. The van der Waals surface area contributed by atoms with Crippen molar-refractivity contribution >= 4 is 44.2 Å². The average Bonchev–Trinajstić information content (AvgIpc) is 3.50. The van der Waals surface area contributed by atoms with Gasteiger partial charge in [-0.3, -0.25) is 14.8 Å². The molecule has 1 amide bonds. The molecule has 4 aromatic rings. The van der Waals surface area contributed by atoms with Gasteiger partial charge < -0.3 is 15.0 Å². The Morgan fingerprint density at radius 1 is 1.26 bits per heavy atom. The number of aromatic amines is 1. The second kappa shape index (κ2) is 9.52. The standard InChI is InChI=1S/C25H29N7O2S/c1-16(33)27-17-4-3-7-31(14-17)15-18-12-22-23(35-18)25(32-8-10-34-11-9-32)29-24(28-22)19-5-2-6-21-20(19)13-26-30-21/h2,5-6,12-13,17H,3-4,7-11,14-15H2,1H3,(H,26,30)(H,27,33). The first-order valence-corrected chi connectivity index (χ1v) is 13.0. The maximum atomic E-state index is 11.5. The van der Waals surface area contributed by atoms with Gasteiger partial charge in [0.05, 0.1) is 35.1 Å². The van der Waals surface area contributed by atoms with E-state index in [0.29, 0.717) is 13.2 Å². The maximum Gasteiger partial charge on any atom is 0.217 e. The number of fused-ring (bicyclic) bond motifs is 2. The lowest BCUT2D eigenvalue weighted by Crippen LogP contribution is -2.46. The van der Waals surface area contributed by atoms with Gasteiger partial charge in [-0.05, 0) is 31.5 Å². The Balaban J connectivity index is 1.37. The molecular formula is C25H29N7O2S. The number of piperidine rings is 1. The molecule has 10 heteroatoms. The van der Waals surface area contributed by atoms with Crippen LogP contribution in [0.3, 0.4) is 0 Å². The fourth-order valence-corrected chi connectivity index (χ4v) is 6.30. The van der Waals surface area contributed by atoms with Gasteiger partial charge >= 0.3 is 0 Å². The summed E-state index contributed by atoms with van der Waals surface area (Å²) < 4.78 is 6.73. The molecule has 2 aliphatic rings. The number of morpholine rings is 1. The number of hydrogen-bond donors (Lipinski definition) is 2. The van der Waals surface area contributed by atoms with Crippen LogP contribution in [-0.4, -0.2) is 76.4 Å². The van der Waals surface area contributed by atoms with Crippen LogP contribution in [0.15, 0.2) is 30.5 Å². The Bertz CT molecular complexity index is 1360. The number of carbonyl (C=O) groups is 1. The van der Waals surface area contributed by atoms with Crippen molar-refractivity contribution < 1.29 is 9.53 Å². The van der Waals surface area contributed by atoms with E-state index in [4.69, 9.17) is 14.7 Å². The van der Waals surface area contributed by atoms with E-state index < -0.39 is 0 Å². The Morgan fingerprint density at radius 3 is 3.00 bits per heavy atom. The first-order valence-electron chi connectivity index (χ1n) is 12.2. The topological polar surface area (TPSA) is 99.3 Å². The molecule has 2 N–H and O–H groups in total. The number of hydrogen-bond acceptors (Lipinski definition) is 8. The molecule has 2 fully saturated rings. The minimum absolute atomic E-state index is 0.0457. The normalized spacial score (nSPS) is 19.5. The number of aromatic nitrogens is 4. The molecule has 182 valence electrons. The quantitative estimate of drug-likeness (QED) is 0.442. The van der Waals surface area contributed by atoms with Crippen LogP contribution in [0.4, 0.5) is 5.82 Å². The highest BCUT2D eigenvalue weighted by Gasteiger charge is 2.24. The van der Waals surface area contributed by atoms with E-state index in [1.807, 2.05) is 18.3 Å². The van der Waals surface area contributed by atoms with E-state index in [1.165, 1.54) is 4.88 Å². The zero-order chi connectivity index (χ0) is 23.8. The Kier molecular flexibility index (Phi) is 6.09. The zero-order valence-electron chi connectivity index (χ0n) is 19.8. The van der Waals surface area contributed by atoms with Crippen LogP contribution < -0.4 is 10.2 Å². The highest BCUT2D eigenvalue weighted by atomic mass is 32.1. The molecule has 2 saturated heterocycles. The summed E-state index contributed by atoms with van der Waals surface area (Å²) in [6, 6.07) is 8.53. The molecule has 1 aromatic carbocycles. The number of H-pyrrole nitrogens is 1. The molecule has 3 aromatic heterocycles. The van der Waals surface area contributed by atoms with Crippen molar-refractivity contribution in [2.75, 3.05) is 44.3 Å². The van der Waals surface area contributed by atoms with Crippen molar-refractivity contribution in [3.05, 3.63) is 35.3 Å². The molecule has 1 atom stereocenters. The molecule has 0 bridgehead atoms. The number of nitrogens with zero attached hydrogens (tertiary/aromatic N) is 5. The summed E-state index contributed by atoms with van der Waals surface area (Å²) in [5, 5.41) is 11.4. The third-order valence-electron chi connectivity index (χ3n) is 6.73. The molecule has 0 saturated carbocycles. The molecule has 6 rings (SSSR count). The fraction of sp³-hybridized carbons (Fsp3) is 0.440. The van der Waals surface area contributed by atoms with Gasteiger partial charge in [-0.25, -0.2) is 9.97 Å². The number of amides is 1. The maximum absolute atomic E-state index is 11.5. The van der Waals surface area contributed by atoms with Gasteiger partial charge in [-0.1, -0.05) is 12.1 Å². The number of rotatable bonds is 5. The predicted molar refractivity (Wildman–Crippen MR) is 138 cm³/mol. The molecular weight excluding hydrogens is 462 g/mol. The van der Waals surface area contributed by atoms with Gasteiger partial charge in [0.1, 0.15) is 0 Å². The molecule has 2 aliphatic heterocycles.